The van der Waals surface area contributed by atoms with Crippen molar-refractivity contribution in [2.45, 2.75) is 51.4 Å². The fourth-order valence-electron chi connectivity index (χ4n) is 3.55. The Labute approximate surface area is 167 Å². The molecule has 0 radical (unpaired) electrons. The van der Waals surface area contributed by atoms with E-state index in [2.05, 4.69) is 19.1 Å². The molecule has 1 fully saturated rings. The summed E-state index contributed by atoms with van der Waals surface area (Å²) in [6.07, 6.45) is 3.61. The quantitative estimate of drug-likeness (QED) is 0.571. The molecule has 1 N–H and O–H groups in total. The third-order valence-corrected chi connectivity index (χ3v) is 5.42. The van der Waals surface area contributed by atoms with Crippen molar-refractivity contribution in [2.75, 3.05) is 13.2 Å². The molecule has 0 aliphatic heterocycles. The maximum atomic E-state index is 13.3. The van der Waals surface area contributed by atoms with Crippen molar-refractivity contribution in [3.63, 3.8) is 0 Å². The summed E-state index contributed by atoms with van der Waals surface area (Å²) in [5, 5.41) is 9.63. The number of halogens is 1. The molecule has 1 aliphatic carbocycles. The van der Waals surface area contributed by atoms with Gasteiger partial charge in [0, 0.05) is 13.2 Å². The van der Waals surface area contributed by atoms with Crippen LogP contribution in [0.15, 0.2) is 54.6 Å². The van der Waals surface area contributed by atoms with Crippen LogP contribution < -0.4 is 0 Å². The number of hydrogen-bond donors (Lipinski definition) is 1. The van der Waals surface area contributed by atoms with Gasteiger partial charge in [0.1, 0.15) is 5.82 Å². The van der Waals surface area contributed by atoms with Gasteiger partial charge in [0.05, 0.1) is 18.8 Å². The van der Waals surface area contributed by atoms with Gasteiger partial charge in [-0.3, -0.25) is 0 Å². The van der Waals surface area contributed by atoms with Crippen molar-refractivity contribution >= 4 is 0 Å². The molecular weight excluding hydrogens is 355 g/mol. The highest BCUT2D eigenvalue weighted by Crippen LogP contribution is 2.31. The van der Waals surface area contributed by atoms with Gasteiger partial charge in [0.2, 0.25) is 0 Å². The predicted octanol–water partition coefficient (Wildman–Crippen LogP) is 4.77. The number of aliphatic hydroxyl groups excluding tert-OH is 1. The van der Waals surface area contributed by atoms with E-state index < -0.39 is 0 Å². The van der Waals surface area contributed by atoms with Gasteiger partial charge >= 0.3 is 0 Å². The van der Waals surface area contributed by atoms with Crippen LogP contribution in [-0.4, -0.2) is 30.5 Å². The molecule has 3 rings (SSSR count). The molecule has 0 heterocycles. The lowest BCUT2D eigenvalue weighted by atomic mass is 9.88. The first kappa shape index (κ1) is 21.0. The lowest BCUT2D eigenvalue weighted by Gasteiger charge is -2.32. The van der Waals surface area contributed by atoms with Crippen LogP contribution in [0.1, 0.15) is 37.3 Å². The molecule has 2 aromatic carbocycles. The Morgan fingerprint density at radius 2 is 1.71 bits per heavy atom. The zero-order valence-electron chi connectivity index (χ0n) is 16.6. The lowest BCUT2D eigenvalue weighted by Crippen LogP contribution is -2.38. The van der Waals surface area contributed by atoms with Crippen molar-refractivity contribution in [1.29, 1.82) is 0 Å². The minimum atomic E-state index is -0.233. The molecule has 0 spiro atoms. The topological polar surface area (TPSA) is 38.7 Å². The highest BCUT2D eigenvalue weighted by atomic mass is 19.1. The van der Waals surface area contributed by atoms with E-state index in [-0.39, 0.29) is 30.5 Å². The van der Waals surface area contributed by atoms with E-state index in [1.165, 1.54) is 25.0 Å². The first-order valence-corrected chi connectivity index (χ1v) is 10.3. The molecular formula is C24H31FO3. The molecule has 28 heavy (non-hydrogen) atoms. The Hall–Kier alpha value is -1.75. The van der Waals surface area contributed by atoms with Gasteiger partial charge in [-0.05, 0) is 67.7 Å². The summed E-state index contributed by atoms with van der Waals surface area (Å²) in [4.78, 5) is 0. The summed E-state index contributed by atoms with van der Waals surface area (Å²) in [6.45, 7) is 3.43. The minimum Gasteiger partial charge on any atom is -0.396 e. The van der Waals surface area contributed by atoms with Crippen molar-refractivity contribution in [1.82, 2.24) is 0 Å². The van der Waals surface area contributed by atoms with E-state index >= 15 is 0 Å². The molecule has 3 nitrogen and oxygen atoms in total. The van der Waals surface area contributed by atoms with Gasteiger partial charge in [-0.1, -0.05) is 42.5 Å². The third-order valence-electron chi connectivity index (χ3n) is 5.42. The van der Waals surface area contributed by atoms with E-state index in [1.807, 2.05) is 30.3 Å². The van der Waals surface area contributed by atoms with Crippen LogP contribution in [0, 0.1) is 17.7 Å². The van der Waals surface area contributed by atoms with Gasteiger partial charge in [-0.15, -0.1) is 0 Å². The Morgan fingerprint density at radius 3 is 2.36 bits per heavy atom. The fraction of sp³-hybridized carbons (Fsp3) is 0.500. The number of rotatable bonds is 12. The number of benzene rings is 2. The average Bonchev–Trinajstić information content (AvgIpc) is 3.53. The van der Waals surface area contributed by atoms with Crippen molar-refractivity contribution < 1.29 is 19.0 Å². The molecule has 0 amide bonds. The smallest absolute Gasteiger partial charge is 0.123 e. The van der Waals surface area contributed by atoms with E-state index in [0.29, 0.717) is 18.9 Å². The Morgan fingerprint density at radius 1 is 1.00 bits per heavy atom. The second-order valence-corrected chi connectivity index (χ2v) is 7.85. The predicted molar refractivity (Wildman–Crippen MR) is 108 cm³/mol. The Kier molecular flexibility index (Phi) is 8.01. The number of ether oxygens (including phenoxy) is 2. The molecule has 0 aromatic heterocycles. The average molecular weight is 387 g/mol. The third kappa shape index (κ3) is 6.69. The van der Waals surface area contributed by atoms with Crippen molar-refractivity contribution in [2.24, 2.45) is 11.8 Å². The summed E-state index contributed by atoms with van der Waals surface area (Å²) in [5.41, 5.74) is 2.18. The SMILES string of the molecule is C[C@H](OCc1ccccc1)[C@H](OCC1CC1)[C@H](CCO)Cc1ccc(F)cc1. The van der Waals surface area contributed by atoms with Crippen LogP contribution in [0.4, 0.5) is 4.39 Å². The van der Waals surface area contributed by atoms with Gasteiger partial charge in [-0.25, -0.2) is 4.39 Å². The van der Waals surface area contributed by atoms with Gasteiger partial charge in [0.15, 0.2) is 0 Å². The summed E-state index contributed by atoms with van der Waals surface area (Å²) < 4.78 is 25.7. The second-order valence-electron chi connectivity index (χ2n) is 7.85. The summed E-state index contributed by atoms with van der Waals surface area (Å²) >= 11 is 0. The molecule has 0 unspecified atom stereocenters. The van der Waals surface area contributed by atoms with Crippen molar-refractivity contribution in [3.05, 3.63) is 71.5 Å². The fourth-order valence-corrected chi connectivity index (χ4v) is 3.55. The molecule has 3 atom stereocenters. The largest absolute Gasteiger partial charge is 0.396 e. The zero-order valence-corrected chi connectivity index (χ0v) is 16.6. The van der Waals surface area contributed by atoms with Gasteiger partial charge in [-0.2, -0.15) is 0 Å². The molecule has 152 valence electrons. The first-order valence-electron chi connectivity index (χ1n) is 10.3. The maximum absolute atomic E-state index is 13.3. The Balaban J connectivity index is 1.67. The number of aliphatic hydroxyl groups is 1. The molecule has 1 saturated carbocycles. The van der Waals surface area contributed by atoms with E-state index in [1.54, 1.807) is 0 Å². The highest BCUT2D eigenvalue weighted by Gasteiger charge is 2.31. The summed E-state index contributed by atoms with van der Waals surface area (Å²) in [5.74, 6) is 0.535. The van der Waals surface area contributed by atoms with Crippen LogP contribution in [0.25, 0.3) is 0 Å². The van der Waals surface area contributed by atoms with Crippen LogP contribution in [0.2, 0.25) is 0 Å². The Bertz CT molecular complexity index is 685. The molecule has 1 aliphatic rings. The monoisotopic (exact) mass is 386 g/mol. The molecule has 0 saturated heterocycles. The lowest BCUT2D eigenvalue weighted by molar-refractivity contribution is -0.101. The number of hydrogen-bond acceptors (Lipinski definition) is 3. The first-order chi connectivity index (χ1) is 13.7. The molecule has 2 aromatic rings. The van der Waals surface area contributed by atoms with Crippen molar-refractivity contribution in [3.8, 4) is 0 Å². The summed E-state index contributed by atoms with van der Waals surface area (Å²) in [6, 6.07) is 16.7. The van der Waals surface area contributed by atoms with E-state index in [9.17, 15) is 9.50 Å². The second kappa shape index (κ2) is 10.7. The standard InChI is InChI=1S/C24H31FO3/c1-18(27-16-20-5-3-2-4-6-20)24(28-17-21-7-8-21)22(13-14-26)15-19-9-11-23(25)12-10-19/h2-6,9-12,18,21-22,24,26H,7-8,13-17H2,1H3/t18-,22+,24-/m0/s1. The van der Waals surface area contributed by atoms with Crippen LogP contribution in [-0.2, 0) is 22.5 Å². The molecule has 0 bridgehead atoms. The molecule has 4 heteroatoms. The van der Waals surface area contributed by atoms with Crippen LogP contribution in [0.3, 0.4) is 0 Å². The zero-order chi connectivity index (χ0) is 19.8. The van der Waals surface area contributed by atoms with Crippen LogP contribution in [0.5, 0.6) is 0 Å². The van der Waals surface area contributed by atoms with E-state index in [0.717, 1.165) is 24.2 Å². The summed E-state index contributed by atoms with van der Waals surface area (Å²) in [7, 11) is 0. The normalized spacial score (nSPS) is 17.2. The van der Waals surface area contributed by atoms with E-state index in [4.69, 9.17) is 9.47 Å². The minimum absolute atomic E-state index is 0.0978. The highest BCUT2D eigenvalue weighted by molar-refractivity contribution is 5.17. The maximum Gasteiger partial charge on any atom is 0.123 e. The van der Waals surface area contributed by atoms with Gasteiger partial charge in [0.25, 0.3) is 0 Å². The van der Waals surface area contributed by atoms with Gasteiger partial charge < -0.3 is 14.6 Å². The van der Waals surface area contributed by atoms with Crippen LogP contribution >= 0.6 is 0 Å².